The summed E-state index contributed by atoms with van der Waals surface area (Å²) in [5.41, 5.74) is -1.11. The lowest BCUT2D eigenvalue weighted by molar-refractivity contribution is 0.0930. The summed E-state index contributed by atoms with van der Waals surface area (Å²) in [6.45, 7) is 1.75. The van der Waals surface area contributed by atoms with Gasteiger partial charge in [-0.3, -0.25) is 4.79 Å². The van der Waals surface area contributed by atoms with Gasteiger partial charge in [-0.2, -0.15) is 0 Å². The van der Waals surface area contributed by atoms with E-state index < -0.39 is 42.6 Å². The Bertz CT molecular complexity index is 656. The SMILES string of the molecule is CC1(NC(=O)c2cc(S(=O)(=O)Cl)cc(F)c2F)CC1. The molecular weight excluding hydrogens is 300 g/mol. The van der Waals surface area contributed by atoms with Crippen LogP contribution < -0.4 is 5.32 Å². The first-order valence-electron chi connectivity index (χ1n) is 5.39. The molecule has 0 saturated heterocycles. The van der Waals surface area contributed by atoms with Gasteiger partial charge in [-0.1, -0.05) is 0 Å². The fourth-order valence-electron chi connectivity index (χ4n) is 1.52. The largest absolute Gasteiger partial charge is 0.347 e. The Morgan fingerprint density at radius 3 is 2.42 bits per heavy atom. The van der Waals surface area contributed by atoms with E-state index in [2.05, 4.69) is 5.32 Å². The maximum absolute atomic E-state index is 13.5. The topological polar surface area (TPSA) is 63.2 Å². The predicted octanol–water partition coefficient (Wildman–Crippen LogP) is 2.17. The molecule has 0 radical (unpaired) electrons. The van der Waals surface area contributed by atoms with Crippen LogP contribution in [0.1, 0.15) is 30.1 Å². The number of amides is 1. The first-order valence-corrected chi connectivity index (χ1v) is 7.69. The van der Waals surface area contributed by atoms with Gasteiger partial charge in [0.15, 0.2) is 11.6 Å². The zero-order chi connectivity index (χ0) is 14.4. The first kappa shape index (κ1) is 14.2. The number of halogens is 3. The predicted molar refractivity (Wildman–Crippen MR) is 64.5 cm³/mol. The second kappa shape index (κ2) is 4.42. The highest BCUT2D eigenvalue weighted by Crippen LogP contribution is 2.34. The molecule has 1 N–H and O–H groups in total. The lowest BCUT2D eigenvalue weighted by Gasteiger charge is -2.12. The van der Waals surface area contributed by atoms with Gasteiger partial charge in [0, 0.05) is 16.2 Å². The molecule has 1 fully saturated rings. The van der Waals surface area contributed by atoms with Gasteiger partial charge in [-0.15, -0.1) is 0 Å². The van der Waals surface area contributed by atoms with Gasteiger partial charge >= 0.3 is 0 Å². The standard InChI is InChI=1S/C11H10ClF2NO3S/c1-11(2-3-11)15-10(16)7-4-6(19(12,17)18)5-8(13)9(7)14/h4-5H,2-3H2,1H3,(H,15,16). The molecular formula is C11H10ClF2NO3S. The summed E-state index contributed by atoms with van der Waals surface area (Å²) in [6.07, 6.45) is 1.46. The molecule has 1 aliphatic carbocycles. The molecule has 1 aliphatic rings. The van der Waals surface area contributed by atoms with Crippen LogP contribution in [0.4, 0.5) is 8.78 Å². The third kappa shape index (κ3) is 3.03. The minimum Gasteiger partial charge on any atom is -0.347 e. The van der Waals surface area contributed by atoms with E-state index in [-0.39, 0.29) is 0 Å². The first-order chi connectivity index (χ1) is 8.62. The molecule has 0 heterocycles. The lowest BCUT2D eigenvalue weighted by atomic mass is 10.1. The van der Waals surface area contributed by atoms with Crippen LogP contribution in [0, 0.1) is 11.6 Å². The third-order valence-electron chi connectivity index (χ3n) is 2.94. The van der Waals surface area contributed by atoms with Crippen molar-refractivity contribution in [2.24, 2.45) is 0 Å². The van der Waals surface area contributed by atoms with Crippen molar-refractivity contribution in [3.8, 4) is 0 Å². The molecule has 2 rings (SSSR count). The normalized spacial score (nSPS) is 17.1. The molecule has 0 bridgehead atoms. The number of rotatable bonds is 3. The van der Waals surface area contributed by atoms with Gasteiger partial charge in [0.05, 0.1) is 10.5 Å². The van der Waals surface area contributed by atoms with E-state index in [0.717, 1.165) is 18.9 Å². The number of hydrogen-bond acceptors (Lipinski definition) is 3. The molecule has 1 amide bonds. The quantitative estimate of drug-likeness (QED) is 0.870. The van der Waals surface area contributed by atoms with Gasteiger partial charge in [0.25, 0.3) is 15.0 Å². The highest BCUT2D eigenvalue weighted by atomic mass is 35.7. The molecule has 104 valence electrons. The van der Waals surface area contributed by atoms with Crippen molar-refractivity contribution < 1.29 is 22.0 Å². The van der Waals surface area contributed by atoms with E-state index in [1.807, 2.05) is 0 Å². The molecule has 4 nitrogen and oxygen atoms in total. The molecule has 0 unspecified atom stereocenters. The summed E-state index contributed by atoms with van der Waals surface area (Å²) < 4.78 is 49.1. The van der Waals surface area contributed by atoms with Crippen LogP contribution in [-0.2, 0) is 9.05 Å². The zero-order valence-corrected chi connectivity index (χ0v) is 11.4. The Balaban J connectivity index is 2.44. The van der Waals surface area contributed by atoms with Gasteiger partial charge < -0.3 is 5.32 Å². The van der Waals surface area contributed by atoms with Crippen molar-refractivity contribution in [3.05, 3.63) is 29.3 Å². The summed E-state index contributed by atoms with van der Waals surface area (Å²) in [4.78, 5) is 11.1. The van der Waals surface area contributed by atoms with E-state index >= 15 is 0 Å². The van der Waals surface area contributed by atoms with Gasteiger partial charge in [0.1, 0.15) is 0 Å². The summed E-state index contributed by atoms with van der Waals surface area (Å²) in [5.74, 6) is -3.70. The van der Waals surface area contributed by atoms with Crippen LogP contribution in [0.3, 0.4) is 0 Å². The number of carbonyl (C=O) groups excluding carboxylic acids is 1. The van der Waals surface area contributed by atoms with Crippen molar-refractivity contribution in [1.29, 1.82) is 0 Å². The summed E-state index contributed by atoms with van der Waals surface area (Å²) in [5, 5.41) is 2.51. The van der Waals surface area contributed by atoms with Crippen LogP contribution in [0.2, 0.25) is 0 Å². The molecule has 1 aromatic rings. The highest BCUT2D eigenvalue weighted by Gasteiger charge is 2.39. The summed E-state index contributed by atoms with van der Waals surface area (Å²) >= 11 is 0. The van der Waals surface area contributed by atoms with E-state index in [1.54, 1.807) is 6.92 Å². The minimum atomic E-state index is -4.24. The smallest absolute Gasteiger partial charge is 0.261 e. The number of carbonyl (C=O) groups is 1. The van der Waals surface area contributed by atoms with Crippen molar-refractivity contribution >= 4 is 25.6 Å². The Morgan fingerprint density at radius 2 is 1.95 bits per heavy atom. The van der Waals surface area contributed by atoms with Crippen LogP contribution in [-0.4, -0.2) is 19.9 Å². The summed E-state index contributed by atoms with van der Waals surface area (Å²) in [6, 6.07) is 1.16. The second-order valence-corrected chi connectivity index (χ2v) is 7.29. The molecule has 0 aromatic heterocycles. The van der Waals surface area contributed by atoms with Crippen molar-refractivity contribution in [1.82, 2.24) is 5.32 Å². The molecule has 8 heteroatoms. The van der Waals surface area contributed by atoms with Crippen LogP contribution in [0.15, 0.2) is 17.0 Å². The molecule has 0 atom stereocenters. The Hall–Kier alpha value is -1.21. The van der Waals surface area contributed by atoms with E-state index in [4.69, 9.17) is 10.7 Å². The Labute approximate surface area is 113 Å². The average Bonchev–Trinajstić information content (AvgIpc) is 2.98. The molecule has 1 aromatic carbocycles. The van der Waals surface area contributed by atoms with Crippen molar-refractivity contribution in [3.63, 3.8) is 0 Å². The zero-order valence-electron chi connectivity index (χ0n) is 9.84. The van der Waals surface area contributed by atoms with Crippen LogP contribution >= 0.6 is 10.7 Å². The van der Waals surface area contributed by atoms with E-state index in [9.17, 15) is 22.0 Å². The van der Waals surface area contributed by atoms with Gasteiger partial charge in [0.2, 0.25) is 0 Å². The van der Waals surface area contributed by atoms with Crippen molar-refractivity contribution in [2.45, 2.75) is 30.2 Å². The van der Waals surface area contributed by atoms with Crippen molar-refractivity contribution in [2.75, 3.05) is 0 Å². The molecule has 0 aliphatic heterocycles. The van der Waals surface area contributed by atoms with E-state index in [1.165, 1.54) is 0 Å². The van der Waals surface area contributed by atoms with Crippen LogP contribution in [0.25, 0.3) is 0 Å². The number of nitrogens with one attached hydrogen (secondary N) is 1. The maximum atomic E-state index is 13.5. The fourth-order valence-corrected chi connectivity index (χ4v) is 2.29. The highest BCUT2D eigenvalue weighted by molar-refractivity contribution is 8.13. The number of hydrogen-bond donors (Lipinski definition) is 1. The minimum absolute atomic E-state index is 0.435. The number of benzene rings is 1. The fraction of sp³-hybridized carbons (Fsp3) is 0.364. The lowest BCUT2D eigenvalue weighted by Crippen LogP contribution is -2.35. The molecule has 0 spiro atoms. The second-order valence-electron chi connectivity index (χ2n) is 4.72. The van der Waals surface area contributed by atoms with Crippen LogP contribution in [0.5, 0.6) is 0 Å². The van der Waals surface area contributed by atoms with Gasteiger partial charge in [-0.05, 0) is 31.9 Å². The average molecular weight is 310 g/mol. The molecule has 19 heavy (non-hydrogen) atoms. The summed E-state index contributed by atoms with van der Waals surface area (Å²) in [7, 11) is 0.816. The Kier molecular flexibility index (Phi) is 3.30. The van der Waals surface area contributed by atoms with E-state index in [0.29, 0.717) is 6.07 Å². The maximum Gasteiger partial charge on any atom is 0.261 e. The third-order valence-corrected chi connectivity index (χ3v) is 4.28. The monoisotopic (exact) mass is 309 g/mol. The Morgan fingerprint density at radius 1 is 1.37 bits per heavy atom. The molecule has 1 saturated carbocycles. The van der Waals surface area contributed by atoms with Gasteiger partial charge in [-0.25, -0.2) is 17.2 Å².